The molecule has 6 heteroatoms. The lowest BCUT2D eigenvalue weighted by Crippen LogP contribution is -2.43. The Bertz CT molecular complexity index is 763. The summed E-state index contributed by atoms with van der Waals surface area (Å²) in [4.78, 5) is 16.2. The SMILES string of the molecule is CCC1(c2cccc(Cl)c2)OC(c2cccnc2)=NN1C(C)=O. The van der Waals surface area contributed by atoms with Gasteiger partial charge in [-0.1, -0.05) is 30.7 Å². The van der Waals surface area contributed by atoms with Gasteiger partial charge in [0.05, 0.1) is 5.56 Å². The van der Waals surface area contributed by atoms with E-state index in [1.54, 1.807) is 30.6 Å². The Morgan fingerprint density at radius 1 is 1.35 bits per heavy atom. The Balaban J connectivity index is 2.09. The molecule has 1 unspecified atom stereocenters. The molecular weight excluding hydrogens is 314 g/mol. The molecule has 0 radical (unpaired) electrons. The summed E-state index contributed by atoms with van der Waals surface area (Å²) in [6.07, 6.45) is 3.85. The number of carbonyl (C=O) groups excluding carboxylic acids is 1. The molecule has 1 aliphatic heterocycles. The van der Waals surface area contributed by atoms with Crippen LogP contribution in [0.5, 0.6) is 0 Å². The van der Waals surface area contributed by atoms with Crippen molar-refractivity contribution >= 4 is 23.4 Å². The third-order valence-electron chi connectivity index (χ3n) is 3.76. The fourth-order valence-corrected chi connectivity index (χ4v) is 2.85. The van der Waals surface area contributed by atoms with Crippen LogP contribution in [0.25, 0.3) is 0 Å². The first kappa shape index (κ1) is 15.5. The summed E-state index contributed by atoms with van der Waals surface area (Å²) < 4.78 is 6.16. The lowest BCUT2D eigenvalue weighted by molar-refractivity contribution is -0.149. The molecule has 3 rings (SSSR count). The van der Waals surface area contributed by atoms with Gasteiger partial charge in [-0.2, -0.15) is 5.01 Å². The van der Waals surface area contributed by atoms with Crippen molar-refractivity contribution < 1.29 is 9.53 Å². The second-order valence-electron chi connectivity index (χ2n) is 5.23. The molecule has 1 atom stereocenters. The van der Waals surface area contributed by atoms with Crippen LogP contribution in [-0.4, -0.2) is 21.8 Å². The van der Waals surface area contributed by atoms with E-state index in [9.17, 15) is 4.79 Å². The molecule has 0 N–H and O–H groups in total. The van der Waals surface area contributed by atoms with Crippen molar-refractivity contribution in [3.05, 3.63) is 64.9 Å². The first-order valence-electron chi connectivity index (χ1n) is 7.31. The molecular formula is C17H16ClN3O2. The zero-order valence-electron chi connectivity index (χ0n) is 12.9. The Morgan fingerprint density at radius 2 is 2.17 bits per heavy atom. The van der Waals surface area contributed by atoms with Crippen LogP contribution in [0.3, 0.4) is 0 Å². The van der Waals surface area contributed by atoms with E-state index in [4.69, 9.17) is 16.3 Å². The van der Waals surface area contributed by atoms with E-state index in [2.05, 4.69) is 10.1 Å². The molecule has 0 saturated heterocycles. The number of nitrogens with zero attached hydrogens (tertiary/aromatic N) is 3. The van der Waals surface area contributed by atoms with E-state index < -0.39 is 5.72 Å². The molecule has 23 heavy (non-hydrogen) atoms. The highest BCUT2D eigenvalue weighted by atomic mass is 35.5. The Hall–Kier alpha value is -2.40. The number of halogens is 1. The number of benzene rings is 1. The maximum absolute atomic E-state index is 12.1. The van der Waals surface area contributed by atoms with Gasteiger partial charge in [0, 0.05) is 36.3 Å². The van der Waals surface area contributed by atoms with Gasteiger partial charge < -0.3 is 4.74 Å². The normalized spacial score (nSPS) is 20.1. The molecule has 1 aliphatic rings. The van der Waals surface area contributed by atoms with Crippen LogP contribution < -0.4 is 0 Å². The molecule has 0 spiro atoms. The average Bonchev–Trinajstić information content (AvgIpc) is 2.97. The summed E-state index contributed by atoms with van der Waals surface area (Å²) in [5, 5.41) is 6.34. The number of hydrogen-bond donors (Lipinski definition) is 0. The van der Waals surface area contributed by atoms with Crippen LogP contribution in [-0.2, 0) is 15.3 Å². The third kappa shape index (κ3) is 2.68. The zero-order valence-corrected chi connectivity index (χ0v) is 13.6. The van der Waals surface area contributed by atoms with Crippen molar-refractivity contribution in [1.82, 2.24) is 9.99 Å². The Kier molecular flexibility index (Phi) is 4.05. The van der Waals surface area contributed by atoms with Crippen molar-refractivity contribution in [3.63, 3.8) is 0 Å². The minimum atomic E-state index is -0.998. The number of rotatable bonds is 3. The van der Waals surface area contributed by atoms with E-state index in [1.807, 2.05) is 25.1 Å². The van der Waals surface area contributed by atoms with Crippen molar-refractivity contribution in [2.75, 3.05) is 0 Å². The largest absolute Gasteiger partial charge is 0.443 e. The molecule has 1 aromatic heterocycles. The standard InChI is InChI=1S/C17H16ClN3O2/c1-3-17(14-7-4-8-15(18)10-14)21(12(2)22)20-16(23-17)13-6-5-9-19-11-13/h4-11H,3H2,1-2H3. The topological polar surface area (TPSA) is 54.8 Å². The molecule has 5 nitrogen and oxygen atoms in total. The fourth-order valence-electron chi connectivity index (χ4n) is 2.66. The third-order valence-corrected chi connectivity index (χ3v) is 4.00. The summed E-state index contributed by atoms with van der Waals surface area (Å²) in [6.45, 7) is 3.41. The van der Waals surface area contributed by atoms with Gasteiger partial charge in [0.1, 0.15) is 0 Å². The number of hydrogen-bond acceptors (Lipinski definition) is 4. The van der Waals surface area contributed by atoms with E-state index in [1.165, 1.54) is 11.9 Å². The first-order chi connectivity index (χ1) is 11.1. The van der Waals surface area contributed by atoms with Gasteiger partial charge in [0.2, 0.25) is 17.5 Å². The molecule has 0 saturated carbocycles. The summed E-state index contributed by atoms with van der Waals surface area (Å²) in [5.41, 5.74) is 0.503. The minimum absolute atomic E-state index is 0.203. The van der Waals surface area contributed by atoms with E-state index >= 15 is 0 Å². The van der Waals surface area contributed by atoms with Crippen LogP contribution >= 0.6 is 11.6 Å². The Labute approximate surface area is 139 Å². The molecule has 1 aromatic carbocycles. The molecule has 2 aromatic rings. The van der Waals surface area contributed by atoms with Gasteiger partial charge in [0.15, 0.2) is 0 Å². The lowest BCUT2D eigenvalue weighted by Gasteiger charge is -2.34. The Morgan fingerprint density at radius 3 is 2.78 bits per heavy atom. The highest BCUT2D eigenvalue weighted by Crippen LogP contribution is 2.40. The van der Waals surface area contributed by atoms with Crippen LogP contribution in [0, 0.1) is 0 Å². The van der Waals surface area contributed by atoms with Gasteiger partial charge in [-0.15, -0.1) is 5.10 Å². The van der Waals surface area contributed by atoms with Crippen LogP contribution in [0.4, 0.5) is 0 Å². The number of hydrazone groups is 1. The number of pyridine rings is 1. The maximum Gasteiger partial charge on any atom is 0.243 e. The summed E-state index contributed by atoms with van der Waals surface area (Å²) in [6, 6.07) is 10.9. The summed E-state index contributed by atoms with van der Waals surface area (Å²) in [5.74, 6) is 0.167. The van der Waals surface area contributed by atoms with Crippen LogP contribution in [0.1, 0.15) is 31.4 Å². The van der Waals surface area contributed by atoms with Gasteiger partial charge in [-0.25, -0.2) is 0 Å². The molecule has 118 valence electrons. The summed E-state index contributed by atoms with van der Waals surface area (Å²) >= 11 is 6.12. The van der Waals surface area contributed by atoms with Gasteiger partial charge in [-0.3, -0.25) is 9.78 Å². The second-order valence-corrected chi connectivity index (χ2v) is 5.66. The smallest absolute Gasteiger partial charge is 0.243 e. The quantitative estimate of drug-likeness (QED) is 0.865. The molecule has 0 aliphatic carbocycles. The highest BCUT2D eigenvalue weighted by Gasteiger charge is 2.47. The van der Waals surface area contributed by atoms with Gasteiger partial charge >= 0.3 is 0 Å². The average molecular weight is 330 g/mol. The number of carbonyl (C=O) groups is 1. The van der Waals surface area contributed by atoms with Crippen molar-refractivity contribution in [3.8, 4) is 0 Å². The van der Waals surface area contributed by atoms with Crippen LogP contribution in [0.15, 0.2) is 53.9 Å². The maximum atomic E-state index is 12.1. The van der Waals surface area contributed by atoms with E-state index in [0.717, 1.165) is 11.1 Å². The predicted molar refractivity (Wildman–Crippen MR) is 87.8 cm³/mol. The van der Waals surface area contributed by atoms with E-state index in [-0.39, 0.29) is 5.91 Å². The van der Waals surface area contributed by atoms with Gasteiger partial charge in [-0.05, 0) is 24.3 Å². The predicted octanol–water partition coefficient (Wildman–Crippen LogP) is 3.54. The van der Waals surface area contributed by atoms with Crippen molar-refractivity contribution in [2.24, 2.45) is 5.10 Å². The minimum Gasteiger partial charge on any atom is -0.443 e. The lowest BCUT2D eigenvalue weighted by atomic mass is 9.99. The van der Waals surface area contributed by atoms with E-state index in [0.29, 0.717) is 17.3 Å². The number of ether oxygens (including phenoxy) is 1. The highest BCUT2D eigenvalue weighted by molar-refractivity contribution is 6.30. The second kappa shape index (κ2) is 6.01. The van der Waals surface area contributed by atoms with Crippen molar-refractivity contribution in [1.29, 1.82) is 0 Å². The molecule has 1 amide bonds. The molecule has 0 bridgehead atoms. The molecule has 2 heterocycles. The van der Waals surface area contributed by atoms with Gasteiger partial charge in [0.25, 0.3) is 0 Å². The van der Waals surface area contributed by atoms with Crippen LogP contribution in [0.2, 0.25) is 5.02 Å². The summed E-state index contributed by atoms with van der Waals surface area (Å²) in [7, 11) is 0. The first-order valence-corrected chi connectivity index (χ1v) is 7.69. The monoisotopic (exact) mass is 329 g/mol. The fraction of sp³-hybridized carbons (Fsp3) is 0.235. The number of amides is 1. The van der Waals surface area contributed by atoms with Crippen molar-refractivity contribution in [2.45, 2.75) is 26.0 Å². The molecule has 0 fully saturated rings. The number of aromatic nitrogens is 1. The zero-order chi connectivity index (χ0) is 16.4.